The molecule has 2 rings (SSSR count). The highest BCUT2D eigenvalue weighted by atomic mass is 127. The molecule has 0 saturated carbocycles. The third-order valence-corrected chi connectivity index (χ3v) is 3.21. The zero-order valence-corrected chi connectivity index (χ0v) is 13.1. The van der Waals surface area contributed by atoms with Gasteiger partial charge in [0.05, 0.1) is 7.11 Å². The molecule has 5 heteroatoms. The molecule has 1 amide bonds. The normalized spacial score (nSPS) is 9.90. The number of carbonyl (C=O) groups excluding carboxylic acids is 1. The Kier molecular flexibility index (Phi) is 5.23. The van der Waals surface area contributed by atoms with Crippen LogP contribution in [-0.2, 0) is 4.79 Å². The zero-order chi connectivity index (χ0) is 14.4. The molecule has 0 radical (unpaired) electrons. The first-order valence-electron chi connectivity index (χ1n) is 6.00. The Balaban J connectivity index is 1.92. The predicted octanol–water partition coefficient (Wildman–Crippen LogP) is 3.32. The van der Waals surface area contributed by atoms with Crippen LogP contribution in [0, 0.1) is 3.57 Å². The van der Waals surface area contributed by atoms with E-state index in [1.807, 2.05) is 36.4 Å². The lowest BCUT2D eigenvalue weighted by molar-refractivity contribution is -0.118. The maximum absolute atomic E-state index is 11.8. The number of anilines is 1. The summed E-state index contributed by atoms with van der Waals surface area (Å²) in [5, 5.41) is 2.78. The van der Waals surface area contributed by atoms with Gasteiger partial charge in [-0.05, 0) is 52.9 Å². The molecule has 0 spiro atoms. The number of rotatable bonds is 5. The van der Waals surface area contributed by atoms with Crippen molar-refractivity contribution in [1.29, 1.82) is 0 Å². The first kappa shape index (κ1) is 14.6. The molecular weight excluding hydrogens is 369 g/mol. The van der Waals surface area contributed by atoms with Crippen molar-refractivity contribution in [2.45, 2.75) is 0 Å². The number of carbonyl (C=O) groups is 1. The SMILES string of the molecule is COc1ccccc1OCC(=O)Nc1cccc(I)c1. The van der Waals surface area contributed by atoms with Crippen LogP contribution >= 0.6 is 22.6 Å². The molecule has 4 nitrogen and oxygen atoms in total. The Morgan fingerprint density at radius 2 is 1.90 bits per heavy atom. The van der Waals surface area contributed by atoms with Crippen LogP contribution in [0.15, 0.2) is 48.5 Å². The van der Waals surface area contributed by atoms with Crippen molar-refractivity contribution in [2.75, 3.05) is 19.0 Å². The van der Waals surface area contributed by atoms with Crippen molar-refractivity contribution >= 4 is 34.2 Å². The van der Waals surface area contributed by atoms with Gasteiger partial charge in [0, 0.05) is 9.26 Å². The van der Waals surface area contributed by atoms with E-state index in [0.717, 1.165) is 9.26 Å². The number of amides is 1. The zero-order valence-electron chi connectivity index (χ0n) is 10.9. The van der Waals surface area contributed by atoms with Gasteiger partial charge in [-0.25, -0.2) is 0 Å². The molecule has 0 unspecified atom stereocenters. The topological polar surface area (TPSA) is 47.6 Å². The van der Waals surface area contributed by atoms with Gasteiger partial charge in [-0.2, -0.15) is 0 Å². The summed E-state index contributed by atoms with van der Waals surface area (Å²) in [6, 6.07) is 14.8. The van der Waals surface area contributed by atoms with E-state index < -0.39 is 0 Å². The van der Waals surface area contributed by atoms with E-state index in [-0.39, 0.29) is 12.5 Å². The summed E-state index contributed by atoms with van der Waals surface area (Å²) in [4.78, 5) is 11.8. The molecule has 0 aliphatic rings. The summed E-state index contributed by atoms with van der Waals surface area (Å²) in [6.07, 6.45) is 0. The number of hydrogen-bond donors (Lipinski definition) is 1. The second-order valence-electron chi connectivity index (χ2n) is 4.00. The highest BCUT2D eigenvalue weighted by molar-refractivity contribution is 14.1. The molecule has 0 bridgehead atoms. The highest BCUT2D eigenvalue weighted by Crippen LogP contribution is 2.25. The van der Waals surface area contributed by atoms with Gasteiger partial charge in [-0.3, -0.25) is 4.79 Å². The largest absolute Gasteiger partial charge is 0.493 e. The molecule has 2 aromatic carbocycles. The fraction of sp³-hybridized carbons (Fsp3) is 0.133. The molecule has 0 aliphatic heterocycles. The van der Waals surface area contributed by atoms with Gasteiger partial charge in [0.2, 0.25) is 0 Å². The highest BCUT2D eigenvalue weighted by Gasteiger charge is 2.07. The molecule has 0 atom stereocenters. The summed E-state index contributed by atoms with van der Waals surface area (Å²) in [5.41, 5.74) is 0.755. The number of para-hydroxylation sites is 2. The third-order valence-electron chi connectivity index (χ3n) is 2.54. The summed E-state index contributed by atoms with van der Waals surface area (Å²) in [7, 11) is 1.56. The van der Waals surface area contributed by atoms with E-state index in [9.17, 15) is 4.79 Å². The maximum Gasteiger partial charge on any atom is 0.262 e. The Bertz CT molecular complexity index is 601. The van der Waals surface area contributed by atoms with Crippen molar-refractivity contribution in [3.63, 3.8) is 0 Å². The first-order chi connectivity index (χ1) is 9.69. The molecular formula is C15H14INO3. The van der Waals surface area contributed by atoms with Crippen molar-refractivity contribution in [1.82, 2.24) is 0 Å². The van der Waals surface area contributed by atoms with Gasteiger partial charge in [-0.1, -0.05) is 18.2 Å². The van der Waals surface area contributed by atoms with Crippen LogP contribution in [0.1, 0.15) is 0 Å². The number of benzene rings is 2. The number of ether oxygens (including phenoxy) is 2. The molecule has 1 N–H and O–H groups in total. The van der Waals surface area contributed by atoms with Crippen molar-refractivity contribution in [3.05, 3.63) is 52.1 Å². The number of methoxy groups -OCH3 is 1. The molecule has 0 aliphatic carbocycles. The molecule has 0 aromatic heterocycles. The molecule has 2 aromatic rings. The Morgan fingerprint density at radius 1 is 1.15 bits per heavy atom. The number of hydrogen-bond acceptors (Lipinski definition) is 3. The van der Waals surface area contributed by atoms with E-state index >= 15 is 0 Å². The lowest BCUT2D eigenvalue weighted by Gasteiger charge is -2.10. The number of halogens is 1. The van der Waals surface area contributed by atoms with Gasteiger partial charge < -0.3 is 14.8 Å². The summed E-state index contributed by atoms with van der Waals surface area (Å²) in [5.74, 6) is 0.945. The van der Waals surface area contributed by atoms with E-state index in [2.05, 4.69) is 27.9 Å². The lowest BCUT2D eigenvalue weighted by Crippen LogP contribution is -2.20. The fourth-order valence-electron chi connectivity index (χ4n) is 1.64. The van der Waals surface area contributed by atoms with E-state index in [1.54, 1.807) is 19.2 Å². The van der Waals surface area contributed by atoms with Crippen LogP contribution in [0.5, 0.6) is 11.5 Å². The quantitative estimate of drug-likeness (QED) is 0.806. The monoisotopic (exact) mass is 383 g/mol. The summed E-state index contributed by atoms with van der Waals surface area (Å²) in [6.45, 7) is -0.0636. The second kappa shape index (κ2) is 7.14. The minimum Gasteiger partial charge on any atom is -0.493 e. The average molecular weight is 383 g/mol. The minimum absolute atomic E-state index is 0.0636. The van der Waals surface area contributed by atoms with E-state index in [1.165, 1.54) is 0 Å². The van der Waals surface area contributed by atoms with Crippen LogP contribution in [0.2, 0.25) is 0 Å². The van der Waals surface area contributed by atoms with Gasteiger partial charge in [0.25, 0.3) is 5.91 Å². The van der Waals surface area contributed by atoms with Crippen molar-refractivity contribution < 1.29 is 14.3 Å². The van der Waals surface area contributed by atoms with Crippen LogP contribution in [0.4, 0.5) is 5.69 Å². The van der Waals surface area contributed by atoms with Gasteiger partial charge in [-0.15, -0.1) is 0 Å². The summed E-state index contributed by atoms with van der Waals surface area (Å²) >= 11 is 2.19. The third kappa shape index (κ3) is 4.12. The maximum atomic E-state index is 11.8. The van der Waals surface area contributed by atoms with E-state index in [0.29, 0.717) is 11.5 Å². The van der Waals surface area contributed by atoms with Crippen LogP contribution in [-0.4, -0.2) is 19.6 Å². The van der Waals surface area contributed by atoms with Gasteiger partial charge >= 0.3 is 0 Å². The summed E-state index contributed by atoms with van der Waals surface area (Å²) < 4.78 is 11.7. The average Bonchev–Trinajstić information content (AvgIpc) is 2.45. The van der Waals surface area contributed by atoms with Crippen LogP contribution in [0.25, 0.3) is 0 Å². The predicted molar refractivity (Wildman–Crippen MR) is 86.3 cm³/mol. The number of nitrogens with one attached hydrogen (secondary N) is 1. The van der Waals surface area contributed by atoms with Crippen LogP contribution < -0.4 is 14.8 Å². The van der Waals surface area contributed by atoms with E-state index in [4.69, 9.17) is 9.47 Å². The molecule has 0 saturated heterocycles. The Labute approximate surface area is 131 Å². The van der Waals surface area contributed by atoms with Crippen LogP contribution in [0.3, 0.4) is 0 Å². The Morgan fingerprint density at radius 3 is 2.60 bits per heavy atom. The minimum atomic E-state index is -0.210. The molecule has 104 valence electrons. The molecule has 20 heavy (non-hydrogen) atoms. The second-order valence-corrected chi connectivity index (χ2v) is 5.24. The smallest absolute Gasteiger partial charge is 0.262 e. The lowest BCUT2D eigenvalue weighted by atomic mass is 10.3. The van der Waals surface area contributed by atoms with Crippen molar-refractivity contribution in [3.8, 4) is 11.5 Å². The Hall–Kier alpha value is -1.76. The first-order valence-corrected chi connectivity index (χ1v) is 7.08. The molecule has 0 heterocycles. The molecule has 0 fully saturated rings. The van der Waals surface area contributed by atoms with Gasteiger partial charge in [0.1, 0.15) is 0 Å². The van der Waals surface area contributed by atoms with Crippen molar-refractivity contribution in [2.24, 2.45) is 0 Å². The standard InChI is InChI=1S/C15H14INO3/c1-19-13-7-2-3-8-14(13)20-10-15(18)17-12-6-4-5-11(16)9-12/h2-9H,10H2,1H3,(H,17,18). The van der Waals surface area contributed by atoms with Gasteiger partial charge in [0.15, 0.2) is 18.1 Å². The fourth-order valence-corrected chi connectivity index (χ4v) is 2.19.